The maximum Gasteiger partial charge on any atom is 0.342 e. The molecule has 0 aliphatic carbocycles. The molecule has 0 amide bonds. The predicted molar refractivity (Wildman–Crippen MR) is 110 cm³/mol. The number of nitrogens with zero attached hydrogens (tertiary/aromatic N) is 2. The lowest BCUT2D eigenvalue weighted by Gasteiger charge is -2.09. The monoisotopic (exact) mass is 571 g/mol. The maximum absolute atomic E-state index is 11.6. The van der Waals surface area contributed by atoms with Crippen LogP contribution in [0.5, 0.6) is 5.75 Å². The molecule has 128 valence electrons. The van der Waals surface area contributed by atoms with Gasteiger partial charge in [-0.3, -0.25) is 5.10 Å². The third-order valence-electron chi connectivity index (χ3n) is 2.94. The smallest absolute Gasteiger partial charge is 0.342 e. The Labute approximate surface area is 171 Å². The number of rotatable bonds is 7. The minimum Gasteiger partial charge on any atom is -0.495 e. The number of H-pyrrole nitrogens is 1. The number of benzene rings is 1. The summed E-state index contributed by atoms with van der Waals surface area (Å²) in [5.41, 5.74) is 0.711. The third-order valence-corrected chi connectivity index (χ3v) is 5.24. The molecule has 0 saturated heterocycles. The highest BCUT2D eigenvalue weighted by atomic mass is 127. The first-order valence-corrected chi connectivity index (χ1v) is 9.99. The lowest BCUT2D eigenvalue weighted by Crippen LogP contribution is -1.99. The van der Waals surface area contributed by atoms with Gasteiger partial charge >= 0.3 is 5.97 Å². The van der Waals surface area contributed by atoms with Crippen LogP contribution in [0.4, 0.5) is 0 Å². The van der Waals surface area contributed by atoms with E-state index in [1.165, 1.54) is 0 Å². The second-order valence-corrected chi connectivity index (χ2v) is 8.16. The van der Waals surface area contributed by atoms with Crippen molar-refractivity contribution < 1.29 is 14.6 Å². The van der Waals surface area contributed by atoms with Crippen LogP contribution >= 0.6 is 56.9 Å². The number of hydrogen-bond donors (Lipinski definition) is 2. The summed E-state index contributed by atoms with van der Waals surface area (Å²) in [7, 11) is 1.57. The van der Waals surface area contributed by atoms with Crippen molar-refractivity contribution in [3.05, 3.63) is 35.6 Å². The van der Waals surface area contributed by atoms with E-state index in [2.05, 4.69) is 60.4 Å². The van der Waals surface area contributed by atoms with Gasteiger partial charge in [-0.2, -0.15) is 0 Å². The molecule has 9 heteroatoms. The van der Waals surface area contributed by atoms with Crippen molar-refractivity contribution in [3.63, 3.8) is 0 Å². The molecular formula is C15H15I2N3O3S. The molecule has 0 atom stereocenters. The second-order valence-electron chi connectivity index (χ2n) is 4.74. The average Bonchev–Trinajstić information content (AvgIpc) is 2.94. The molecule has 0 bridgehead atoms. The van der Waals surface area contributed by atoms with Crippen LogP contribution in [0.3, 0.4) is 0 Å². The van der Waals surface area contributed by atoms with E-state index in [4.69, 9.17) is 4.74 Å². The molecule has 2 rings (SSSR count). The standard InChI is InChI=1S/C15H15I2N3O3S/c1-3-4-12-18-15(20-19-12)24-11(14(21)22)6-8-5-9(16)7-10(17)13(8)23-2/h5-7H,3-4H2,1-2H3,(H,21,22)(H,18,19,20)/b11-6-. The lowest BCUT2D eigenvalue weighted by molar-refractivity contribution is -0.131. The van der Waals surface area contributed by atoms with Gasteiger partial charge in [0.1, 0.15) is 16.5 Å². The van der Waals surface area contributed by atoms with Crippen molar-refractivity contribution in [2.45, 2.75) is 24.9 Å². The molecule has 0 saturated carbocycles. The number of carbonyl (C=O) groups is 1. The highest BCUT2D eigenvalue weighted by molar-refractivity contribution is 14.1. The topological polar surface area (TPSA) is 88.1 Å². The van der Waals surface area contributed by atoms with Crippen LogP contribution in [0.25, 0.3) is 6.08 Å². The number of nitrogens with one attached hydrogen (secondary N) is 1. The second kappa shape index (κ2) is 9.04. The van der Waals surface area contributed by atoms with Gasteiger partial charge in [0.05, 0.1) is 10.7 Å². The van der Waals surface area contributed by atoms with Gasteiger partial charge in [0.2, 0.25) is 5.16 Å². The molecule has 0 aliphatic heterocycles. The van der Waals surface area contributed by atoms with Gasteiger partial charge < -0.3 is 9.84 Å². The molecule has 1 aromatic heterocycles. The van der Waals surface area contributed by atoms with E-state index in [9.17, 15) is 9.90 Å². The first kappa shape index (κ1) is 19.5. The zero-order valence-electron chi connectivity index (χ0n) is 13.0. The number of ether oxygens (including phenoxy) is 1. The molecule has 0 aliphatic rings. The Morgan fingerprint density at radius 2 is 2.21 bits per heavy atom. The number of aromatic nitrogens is 3. The van der Waals surface area contributed by atoms with Crippen LogP contribution in [-0.2, 0) is 11.2 Å². The summed E-state index contributed by atoms with van der Waals surface area (Å²) in [6, 6.07) is 3.85. The molecule has 1 heterocycles. The summed E-state index contributed by atoms with van der Waals surface area (Å²) < 4.78 is 7.33. The number of aliphatic carboxylic acids is 1. The lowest BCUT2D eigenvalue weighted by atomic mass is 10.2. The van der Waals surface area contributed by atoms with E-state index in [0.29, 0.717) is 16.5 Å². The molecule has 0 spiro atoms. The molecule has 1 aromatic carbocycles. The maximum atomic E-state index is 11.6. The van der Waals surface area contributed by atoms with Crippen LogP contribution in [-0.4, -0.2) is 33.4 Å². The van der Waals surface area contributed by atoms with Crippen LogP contribution in [0.1, 0.15) is 24.7 Å². The molecule has 2 aromatic rings. The van der Waals surface area contributed by atoms with Crippen LogP contribution < -0.4 is 4.74 Å². The highest BCUT2D eigenvalue weighted by Gasteiger charge is 2.16. The van der Waals surface area contributed by atoms with Crippen molar-refractivity contribution in [1.82, 2.24) is 15.2 Å². The molecule has 6 nitrogen and oxygen atoms in total. The van der Waals surface area contributed by atoms with Crippen molar-refractivity contribution in [2.24, 2.45) is 0 Å². The number of methoxy groups -OCH3 is 1. The number of carboxylic acids is 1. The number of thioether (sulfide) groups is 1. The van der Waals surface area contributed by atoms with Gasteiger partial charge in [-0.25, -0.2) is 9.78 Å². The zero-order valence-corrected chi connectivity index (χ0v) is 18.1. The summed E-state index contributed by atoms with van der Waals surface area (Å²) in [6.45, 7) is 2.04. The van der Waals surface area contributed by atoms with Crippen LogP contribution in [0, 0.1) is 7.14 Å². The first-order chi connectivity index (χ1) is 11.4. The number of hydrogen-bond acceptors (Lipinski definition) is 5. The Hall–Kier alpha value is -0.820. The van der Waals surface area contributed by atoms with Crippen molar-refractivity contribution >= 4 is 69.0 Å². The number of aromatic amines is 1. The highest BCUT2D eigenvalue weighted by Crippen LogP contribution is 2.33. The van der Waals surface area contributed by atoms with E-state index in [-0.39, 0.29) is 4.91 Å². The number of aryl methyl sites for hydroxylation is 1. The van der Waals surface area contributed by atoms with E-state index in [1.807, 2.05) is 19.1 Å². The Morgan fingerprint density at radius 1 is 1.46 bits per heavy atom. The minimum absolute atomic E-state index is 0.133. The van der Waals surface area contributed by atoms with Gasteiger partial charge in [-0.15, -0.1) is 5.10 Å². The van der Waals surface area contributed by atoms with E-state index < -0.39 is 5.97 Å². The summed E-state index contributed by atoms with van der Waals surface area (Å²) in [5, 5.41) is 16.8. The average molecular weight is 571 g/mol. The quantitative estimate of drug-likeness (QED) is 0.295. The van der Waals surface area contributed by atoms with E-state index in [0.717, 1.165) is 37.6 Å². The first-order valence-electron chi connectivity index (χ1n) is 7.01. The summed E-state index contributed by atoms with van der Waals surface area (Å²) in [5.74, 6) is 0.376. The van der Waals surface area contributed by atoms with Crippen LogP contribution in [0.15, 0.2) is 22.2 Å². The summed E-state index contributed by atoms with van der Waals surface area (Å²) in [6.07, 6.45) is 3.31. The number of halogens is 2. The Kier molecular flexibility index (Phi) is 7.34. The Balaban J connectivity index is 2.36. The van der Waals surface area contributed by atoms with Crippen molar-refractivity contribution in [1.29, 1.82) is 0 Å². The molecule has 24 heavy (non-hydrogen) atoms. The van der Waals surface area contributed by atoms with Crippen LogP contribution in [0.2, 0.25) is 0 Å². The minimum atomic E-state index is -1.03. The van der Waals surface area contributed by atoms with Gasteiger partial charge in [0.15, 0.2) is 0 Å². The molecule has 0 fully saturated rings. The van der Waals surface area contributed by atoms with Crippen molar-refractivity contribution in [3.8, 4) is 5.75 Å². The molecule has 2 N–H and O–H groups in total. The van der Waals surface area contributed by atoms with E-state index in [1.54, 1.807) is 13.2 Å². The zero-order chi connectivity index (χ0) is 17.7. The van der Waals surface area contributed by atoms with Gasteiger partial charge in [-0.05, 0) is 81.6 Å². The molecule has 0 unspecified atom stereocenters. The van der Waals surface area contributed by atoms with Gasteiger partial charge in [-0.1, -0.05) is 6.92 Å². The van der Waals surface area contributed by atoms with Gasteiger partial charge in [0, 0.05) is 15.6 Å². The molecule has 0 radical (unpaired) electrons. The fraction of sp³-hybridized carbons (Fsp3) is 0.267. The normalized spacial score (nSPS) is 11.6. The Bertz CT molecular complexity index is 777. The van der Waals surface area contributed by atoms with E-state index >= 15 is 0 Å². The van der Waals surface area contributed by atoms with Gasteiger partial charge in [0.25, 0.3) is 0 Å². The summed E-state index contributed by atoms with van der Waals surface area (Å²) in [4.78, 5) is 16.0. The SMILES string of the molecule is CCCc1nc(S/C(=C\c2cc(I)cc(I)c2OC)C(=O)O)n[nH]1. The fourth-order valence-corrected chi connectivity index (χ4v) is 4.78. The fourth-order valence-electron chi connectivity index (χ4n) is 1.95. The predicted octanol–water partition coefficient (Wildman–Crippen LogP) is 4.19. The largest absolute Gasteiger partial charge is 0.495 e. The van der Waals surface area contributed by atoms with Crippen molar-refractivity contribution in [2.75, 3.05) is 7.11 Å². The third kappa shape index (κ3) is 5.09. The number of carboxylic acid groups (broad SMARTS) is 1. The summed E-state index contributed by atoms with van der Waals surface area (Å²) >= 11 is 5.38. The Morgan fingerprint density at radius 3 is 2.83 bits per heavy atom. The molecular weight excluding hydrogens is 556 g/mol.